The molecule has 1 rings (SSSR count). The Hall–Kier alpha value is -3.18. The Morgan fingerprint density at radius 1 is 0.935 bits per heavy atom. The van der Waals surface area contributed by atoms with Gasteiger partial charge in [0.2, 0.25) is 17.7 Å². The summed E-state index contributed by atoms with van der Waals surface area (Å²) in [6.45, 7) is 4.29. The lowest BCUT2D eigenvalue weighted by Crippen LogP contribution is -2.59. The van der Waals surface area contributed by atoms with Gasteiger partial charge < -0.3 is 37.0 Å². The molecule has 0 fully saturated rings. The van der Waals surface area contributed by atoms with Gasteiger partial charge in [-0.15, -0.1) is 0 Å². The lowest BCUT2D eigenvalue weighted by atomic mass is 10.0. The SMILES string of the molecule is CC(C)C(NC(=O)CN)C(=O)NC(Cc1ccc(O)cc1)C(=O)NC(C(=O)O)C(C)O. The van der Waals surface area contributed by atoms with Gasteiger partial charge in [-0.2, -0.15) is 0 Å². The quantitative estimate of drug-likeness (QED) is 0.216. The molecule has 1 aromatic carbocycles. The van der Waals surface area contributed by atoms with E-state index in [2.05, 4.69) is 16.0 Å². The average molecular weight is 438 g/mol. The number of carbonyl (C=O) groups is 4. The van der Waals surface area contributed by atoms with Crippen LogP contribution in [-0.2, 0) is 25.6 Å². The van der Waals surface area contributed by atoms with E-state index >= 15 is 0 Å². The number of carboxylic acids is 1. The van der Waals surface area contributed by atoms with Crippen LogP contribution in [0.4, 0.5) is 0 Å². The lowest BCUT2D eigenvalue weighted by molar-refractivity contribution is -0.145. The van der Waals surface area contributed by atoms with Gasteiger partial charge in [-0.3, -0.25) is 14.4 Å². The van der Waals surface area contributed by atoms with Crippen molar-refractivity contribution in [3.05, 3.63) is 29.8 Å². The number of nitrogens with two attached hydrogens (primary N) is 1. The smallest absolute Gasteiger partial charge is 0.328 e. The molecule has 11 heteroatoms. The minimum atomic E-state index is -1.58. The predicted octanol–water partition coefficient (Wildman–Crippen LogP) is -1.53. The maximum Gasteiger partial charge on any atom is 0.328 e. The fourth-order valence-corrected chi connectivity index (χ4v) is 2.75. The van der Waals surface area contributed by atoms with Crippen molar-refractivity contribution in [2.45, 2.75) is 51.4 Å². The summed E-state index contributed by atoms with van der Waals surface area (Å²) in [5.41, 5.74) is 5.87. The number of hydrogen-bond donors (Lipinski definition) is 7. The molecular formula is C20H30N4O7. The van der Waals surface area contributed by atoms with E-state index in [1.54, 1.807) is 26.0 Å². The van der Waals surface area contributed by atoms with Crippen LogP contribution in [0.25, 0.3) is 0 Å². The molecule has 0 bridgehead atoms. The van der Waals surface area contributed by atoms with Gasteiger partial charge in [0, 0.05) is 6.42 Å². The van der Waals surface area contributed by atoms with Crippen LogP contribution in [0.1, 0.15) is 26.3 Å². The summed E-state index contributed by atoms with van der Waals surface area (Å²) in [7, 11) is 0. The van der Waals surface area contributed by atoms with E-state index in [-0.39, 0.29) is 24.6 Å². The Morgan fingerprint density at radius 3 is 1.97 bits per heavy atom. The Morgan fingerprint density at radius 2 is 1.52 bits per heavy atom. The van der Waals surface area contributed by atoms with Crippen LogP contribution in [0, 0.1) is 5.92 Å². The minimum absolute atomic E-state index is 0.0122. The first-order valence-corrected chi connectivity index (χ1v) is 9.75. The molecule has 11 nitrogen and oxygen atoms in total. The van der Waals surface area contributed by atoms with Crippen molar-refractivity contribution in [3.63, 3.8) is 0 Å². The third-order valence-electron chi connectivity index (χ3n) is 4.51. The molecule has 0 saturated heterocycles. The third-order valence-corrected chi connectivity index (χ3v) is 4.51. The van der Waals surface area contributed by atoms with Crippen molar-refractivity contribution in [1.29, 1.82) is 0 Å². The summed E-state index contributed by atoms with van der Waals surface area (Å²) in [6, 6.07) is 2.12. The van der Waals surface area contributed by atoms with Crippen LogP contribution in [0.15, 0.2) is 24.3 Å². The summed E-state index contributed by atoms with van der Waals surface area (Å²) >= 11 is 0. The van der Waals surface area contributed by atoms with Crippen molar-refractivity contribution in [2.24, 2.45) is 11.7 Å². The molecule has 4 atom stereocenters. The topological polar surface area (TPSA) is 191 Å². The lowest BCUT2D eigenvalue weighted by Gasteiger charge is -2.26. The Kier molecular flexibility index (Phi) is 9.90. The number of carboxylic acid groups (broad SMARTS) is 1. The second-order valence-corrected chi connectivity index (χ2v) is 7.49. The molecule has 1 aromatic rings. The van der Waals surface area contributed by atoms with Crippen molar-refractivity contribution in [3.8, 4) is 5.75 Å². The number of aliphatic hydroxyl groups is 1. The Balaban J connectivity index is 3.11. The van der Waals surface area contributed by atoms with Gasteiger partial charge in [0.15, 0.2) is 6.04 Å². The number of amides is 3. The van der Waals surface area contributed by atoms with Crippen molar-refractivity contribution in [2.75, 3.05) is 6.54 Å². The number of aliphatic hydroxyl groups excluding tert-OH is 1. The number of benzene rings is 1. The van der Waals surface area contributed by atoms with Crippen molar-refractivity contribution in [1.82, 2.24) is 16.0 Å². The third kappa shape index (κ3) is 8.22. The first-order valence-electron chi connectivity index (χ1n) is 9.75. The Bertz CT molecular complexity index is 780. The second kappa shape index (κ2) is 11.9. The van der Waals surface area contributed by atoms with Crippen LogP contribution in [0.3, 0.4) is 0 Å². The Labute approximate surface area is 180 Å². The van der Waals surface area contributed by atoms with Crippen LogP contribution >= 0.6 is 0 Å². The zero-order chi connectivity index (χ0) is 23.7. The van der Waals surface area contributed by atoms with E-state index in [1.807, 2.05) is 0 Å². The molecule has 3 amide bonds. The van der Waals surface area contributed by atoms with Gasteiger partial charge in [0.05, 0.1) is 12.6 Å². The zero-order valence-corrected chi connectivity index (χ0v) is 17.7. The molecule has 0 spiro atoms. The van der Waals surface area contributed by atoms with Crippen LogP contribution in [0.5, 0.6) is 5.75 Å². The zero-order valence-electron chi connectivity index (χ0n) is 17.7. The van der Waals surface area contributed by atoms with E-state index in [1.165, 1.54) is 19.1 Å². The van der Waals surface area contributed by atoms with E-state index in [4.69, 9.17) is 5.73 Å². The molecule has 0 saturated carbocycles. The van der Waals surface area contributed by atoms with Gasteiger partial charge in [-0.05, 0) is 30.5 Å². The number of nitrogens with one attached hydrogen (secondary N) is 3. The van der Waals surface area contributed by atoms with E-state index < -0.39 is 47.9 Å². The highest BCUT2D eigenvalue weighted by molar-refractivity contribution is 5.94. The van der Waals surface area contributed by atoms with Crippen molar-refractivity contribution >= 4 is 23.7 Å². The van der Waals surface area contributed by atoms with Gasteiger partial charge in [-0.1, -0.05) is 26.0 Å². The van der Waals surface area contributed by atoms with Gasteiger partial charge in [0.25, 0.3) is 0 Å². The number of rotatable bonds is 11. The summed E-state index contributed by atoms with van der Waals surface area (Å²) in [5.74, 6) is -3.78. The summed E-state index contributed by atoms with van der Waals surface area (Å²) in [6.07, 6.45) is -1.40. The van der Waals surface area contributed by atoms with Gasteiger partial charge >= 0.3 is 5.97 Å². The molecule has 0 radical (unpaired) electrons. The molecule has 0 aliphatic rings. The fourth-order valence-electron chi connectivity index (χ4n) is 2.75. The van der Waals surface area contributed by atoms with Crippen LogP contribution in [0.2, 0.25) is 0 Å². The monoisotopic (exact) mass is 438 g/mol. The number of carbonyl (C=O) groups excluding carboxylic acids is 3. The number of aromatic hydroxyl groups is 1. The number of phenolic OH excluding ortho intramolecular Hbond substituents is 1. The second-order valence-electron chi connectivity index (χ2n) is 7.49. The first kappa shape index (κ1) is 25.9. The largest absolute Gasteiger partial charge is 0.508 e. The number of aliphatic carboxylic acids is 1. The highest BCUT2D eigenvalue weighted by atomic mass is 16.4. The summed E-state index contributed by atoms with van der Waals surface area (Å²) in [5, 5.41) is 35.5. The maximum absolute atomic E-state index is 12.8. The molecule has 4 unspecified atom stereocenters. The van der Waals surface area contributed by atoms with Gasteiger partial charge in [-0.25, -0.2) is 4.79 Å². The minimum Gasteiger partial charge on any atom is -0.508 e. The average Bonchev–Trinajstić information content (AvgIpc) is 2.69. The molecular weight excluding hydrogens is 408 g/mol. The standard InChI is InChI=1S/C20H30N4O7/c1-10(2)16(23-15(27)9-21)19(29)22-14(8-12-4-6-13(26)7-5-12)18(28)24-17(11(3)25)20(30)31/h4-7,10-11,14,16-17,25-26H,8-9,21H2,1-3H3,(H,22,29)(H,23,27)(H,24,28)(H,30,31). The molecule has 8 N–H and O–H groups in total. The number of phenols is 1. The normalized spacial score (nSPS) is 14.8. The highest BCUT2D eigenvalue weighted by Crippen LogP contribution is 2.12. The van der Waals surface area contributed by atoms with Crippen LogP contribution in [-0.4, -0.2) is 69.8 Å². The van der Waals surface area contributed by atoms with Crippen LogP contribution < -0.4 is 21.7 Å². The van der Waals surface area contributed by atoms with Gasteiger partial charge in [0.1, 0.15) is 17.8 Å². The fraction of sp³-hybridized carbons (Fsp3) is 0.500. The summed E-state index contributed by atoms with van der Waals surface area (Å²) < 4.78 is 0. The van der Waals surface area contributed by atoms with E-state index in [0.29, 0.717) is 5.56 Å². The molecule has 0 aliphatic heterocycles. The predicted molar refractivity (Wildman–Crippen MR) is 111 cm³/mol. The first-order chi connectivity index (χ1) is 14.5. The number of hydrogen-bond acceptors (Lipinski definition) is 7. The van der Waals surface area contributed by atoms with E-state index in [9.17, 15) is 34.5 Å². The highest BCUT2D eigenvalue weighted by Gasteiger charge is 2.32. The molecule has 172 valence electrons. The molecule has 0 aromatic heterocycles. The maximum atomic E-state index is 12.8. The molecule has 0 aliphatic carbocycles. The van der Waals surface area contributed by atoms with E-state index in [0.717, 1.165) is 0 Å². The molecule has 0 heterocycles. The molecule has 31 heavy (non-hydrogen) atoms. The summed E-state index contributed by atoms with van der Waals surface area (Å²) in [4.78, 5) is 48.6. The van der Waals surface area contributed by atoms with Crippen molar-refractivity contribution < 1.29 is 34.5 Å².